The first-order valence-corrected chi connectivity index (χ1v) is 13.0. The molecule has 0 spiro atoms. The minimum Gasteiger partial charge on any atom is -0.387 e. The standard InChI is InChI=1S/C28H30ClN3O3S/c1-18-24(17-31(2)16-23(33)20-7-5-4-6-8-20)36-28-26(18)32(3)15-21(27(28)35)13-25(34)30-14-19-9-11-22(29)12-10-19/h4-12,15,23,33H,13-14,16-17H2,1-3H3,(H,30,34). The predicted molar refractivity (Wildman–Crippen MR) is 147 cm³/mol. The van der Waals surface area contributed by atoms with Gasteiger partial charge in [-0.2, -0.15) is 0 Å². The first-order valence-electron chi connectivity index (χ1n) is 11.8. The number of pyridine rings is 1. The van der Waals surface area contributed by atoms with Gasteiger partial charge in [0.2, 0.25) is 11.3 Å². The Morgan fingerprint density at radius 1 is 1.17 bits per heavy atom. The third kappa shape index (κ3) is 6.05. The van der Waals surface area contributed by atoms with E-state index < -0.39 is 6.10 Å². The average molecular weight is 524 g/mol. The zero-order valence-electron chi connectivity index (χ0n) is 20.6. The molecule has 0 fully saturated rings. The van der Waals surface area contributed by atoms with E-state index in [0.717, 1.165) is 27.1 Å². The molecule has 0 radical (unpaired) electrons. The fourth-order valence-corrected chi connectivity index (χ4v) is 5.86. The number of aliphatic hydroxyl groups excluding tert-OH is 1. The number of amides is 1. The topological polar surface area (TPSA) is 74.6 Å². The molecule has 1 amide bonds. The van der Waals surface area contributed by atoms with E-state index in [1.54, 1.807) is 18.3 Å². The Kier molecular flexibility index (Phi) is 8.26. The number of halogens is 1. The number of carbonyl (C=O) groups is 1. The van der Waals surface area contributed by atoms with Gasteiger partial charge in [0.1, 0.15) is 0 Å². The van der Waals surface area contributed by atoms with Crippen LogP contribution in [0, 0.1) is 6.92 Å². The number of hydrogen-bond donors (Lipinski definition) is 2. The van der Waals surface area contributed by atoms with Gasteiger partial charge in [0.05, 0.1) is 22.7 Å². The lowest BCUT2D eigenvalue weighted by molar-refractivity contribution is -0.120. The molecule has 188 valence electrons. The minimum absolute atomic E-state index is 0.0195. The monoisotopic (exact) mass is 523 g/mol. The summed E-state index contributed by atoms with van der Waals surface area (Å²) in [6, 6.07) is 16.9. The third-order valence-corrected chi connectivity index (χ3v) is 7.77. The molecule has 1 atom stereocenters. The normalized spacial score (nSPS) is 12.3. The highest BCUT2D eigenvalue weighted by molar-refractivity contribution is 7.19. The molecule has 0 saturated heterocycles. The quantitative estimate of drug-likeness (QED) is 0.336. The molecule has 2 heterocycles. The molecule has 1 unspecified atom stereocenters. The van der Waals surface area contributed by atoms with E-state index in [-0.39, 0.29) is 17.8 Å². The van der Waals surface area contributed by atoms with Crippen molar-refractivity contribution in [2.75, 3.05) is 13.6 Å². The smallest absolute Gasteiger partial charge is 0.224 e. The van der Waals surface area contributed by atoms with Crippen LogP contribution < -0.4 is 10.7 Å². The summed E-state index contributed by atoms with van der Waals surface area (Å²) in [5.74, 6) is -0.204. The summed E-state index contributed by atoms with van der Waals surface area (Å²) in [6.45, 7) is 3.49. The van der Waals surface area contributed by atoms with Gasteiger partial charge in [0.25, 0.3) is 0 Å². The van der Waals surface area contributed by atoms with E-state index in [9.17, 15) is 14.7 Å². The summed E-state index contributed by atoms with van der Waals surface area (Å²) in [7, 11) is 3.87. The molecule has 2 aromatic carbocycles. The molecule has 4 aromatic rings. The van der Waals surface area contributed by atoms with E-state index in [2.05, 4.69) is 10.2 Å². The van der Waals surface area contributed by atoms with Gasteiger partial charge in [0.15, 0.2) is 0 Å². The van der Waals surface area contributed by atoms with Crippen molar-refractivity contribution in [1.29, 1.82) is 0 Å². The molecule has 0 aliphatic carbocycles. The molecular weight excluding hydrogens is 494 g/mol. The van der Waals surface area contributed by atoms with Crippen molar-refractivity contribution in [2.45, 2.75) is 32.5 Å². The van der Waals surface area contributed by atoms with Gasteiger partial charge in [-0.3, -0.25) is 14.5 Å². The Labute approximate surface area is 219 Å². The van der Waals surface area contributed by atoms with Crippen LogP contribution in [0.15, 0.2) is 65.6 Å². The number of benzene rings is 2. The Bertz CT molecular complexity index is 1410. The zero-order valence-corrected chi connectivity index (χ0v) is 22.2. The maximum absolute atomic E-state index is 13.3. The van der Waals surface area contributed by atoms with Crippen LogP contribution in [0.4, 0.5) is 0 Å². The predicted octanol–water partition coefficient (Wildman–Crippen LogP) is 4.59. The van der Waals surface area contributed by atoms with Gasteiger partial charge in [-0.25, -0.2) is 0 Å². The third-order valence-electron chi connectivity index (χ3n) is 6.25. The lowest BCUT2D eigenvalue weighted by atomic mass is 10.1. The first kappa shape index (κ1) is 26.1. The lowest BCUT2D eigenvalue weighted by Crippen LogP contribution is -2.27. The van der Waals surface area contributed by atoms with Crippen molar-refractivity contribution in [3.63, 3.8) is 0 Å². The van der Waals surface area contributed by atoms with Crippen molar-refractivity contribution >= 4 is 39.1 Å². The molecule has 0 aliphatic heterocycles. The van der Waals surface area contributed by atoms with Crippen LogP contribution in [-0.4, -0.2) is 34.1 Å². The van der Waals surface area contributed by atoms with Crippen LogP contribution >= 0.6 is 22.9 Å². The number of rotatable bonds is 9. The molecule has 6 nitrogen and oxygen atoms in total. The van der Waals surface area contributed by atoms with Gasteiger partial charge in [-0.05, 0) is 42.8 Å². The number of aliphatic hydroxyl groups is 1. The number of hydrogen-bond acceptors (Lipinski definition) is 5. The van der Waals surface area contributed by atoms with Crippen LogP contribution in [0.25, 0.3) is 10.2 Å². The highest BCUT2D eigenvalue weighted by Gasteiger charge is 2.19. The summed E-state index contributed by atoms with van der Waals surface area (Å²) in [4.78, 5) is 29.0. The summed E-state index contributed by atoms with van der Waals surface area (Å²) < 4.78 is 2.59. The number of thiophene rings is 1. The van der Waals surface area contributed by atoms with E-state index >= 15 is 0 Å². The molecule has 4 rings (SSSR count). The second-order valence-electron chi connectivity index (χ2n) is 9.13. The van der Waals surface area contributed by atoms with Crippen molar-refractivity contribution < 1.29 is 9.90 Å². The largest absolute Gasteiger partial charge is 0.387 e. The molecule has 36 heavy (non-hydrogen) atoms. The molecule has 2 aromatic heterocycles. The van der Waals surface area contributed by atoms with Crippen molar-refractivity contribution in [2.24, 2.45) is 7.05 Å². The Morgan fingerprint density at radius 3 is 2.56 bits per heavy atom. The fraction of sp³-hybridized carbons (Fsp3) is 0.286. The molecule has 0 saturated carbocycles. The van der Waals surface area contributed by atoms with Gasteiger partial charge in [0, 0.05) is 48.3 Å². The van der Waals surface area contributed by atoms with E-state index in [1.165, 1.54) is 11.3 Å². The van der Waals surface area contributed by atoms with Crippen molar-refractivity contribution in [3.8, 4) is 0 Å². The van der Waals surface area contributed by atoms with Crippen LogP contribution in [0.3, 0.4) is 0 Å². The maximum Gasteiger partial charge on any atom is 0.224 e. The summed E-state index contributed by atoms with van der Waals surface area (Å²) in [5, 5.41) is 14.1. The van der Waals surface area contributed by atoms with Gasteiger partial charge in [-0.1, -0.05) is 54.1 Å². The van der Waals surface area contributed by atoms with Gasteiger partial charge >= 0.3 is 0 Å². The summed E-state index contributed by atoms with van der Waals surface area (Å²) >= 11 is 7.38. The number of aryl methyl sites for hydroxylation is 2. The van der Waals surface area contributed by atoms with Gasteiger partial charge < -0.3 is 15.0 Å². The molecular formula is C28H30ClN3O3S. The Balaban J connectivity index is 1.47. The van der Waals surface area contributed by atoms with Crippen molar-refractivity contribution in [1.82, 2.24) is 14.8 Å². The number of nitrogens with one attached hydrogen (secondary N) is 1. The minimum atomic E-state index is -0.588. The average Bonchev–Trinajstić information content (AvgIpc) is 3.18. The highest BCUT2D eigenvalue weighted by Crippen LogP contribution is 2.30. The molecule has 2 N–H and O–H groups in total. The number of aromatic nitrogens is 1. The number of carbonyl (C=O) groups excluding carboxylic acids is 1. The van der Waals surface area contributed by atoms with Crippen LogP contribution in [0.5, 0.6) is 0 Å². The van der Waals surface area contributed by atoms with Crippen LogP contribution in [0.2, 0.25) is 5.02 Å². The van der Waals surface area contributed by atoms with Crippen molar-refractivity contribution in [3.05, 3.63) is 103 Å². The number of fused-ring (bicyclic) bond motifs is 1. The summed E-state index contributed by atoms with van der Waals surface area (Å²) in [6.07, 6.45) is 1.19. The summed E-state index contributed by atoms with van der Waals surface area (Å²) in [5.41, 5.74) is 4.13. The maximum atomic E-state index is 13.3. The SMILES string of the molecule is Cc1c(CN(C)CC(O)c2ccccc2)sc2c(=O)c(CC(=O)NCc3ccc(Cl)cc3)cn(C)c12. The Hall–Kier alpha value is -2.97. The van der Waals surface area contributed by atoms with Crippen LogP contribution in [-0.2, 0) is 31.4 Å². The van der Waals surface area contributed by atoms with E-state index in [0.29, 0.717) is 34.9 Å². The van der Waals surface area contributed by atoms with E-state index in [1.807, 2.05) is 68.1 Å². The lowest BCUT2D eigenvalue weighted by Gasteiger charge is -2.20. The molecule has 0 bridgehead atoms. The number of likely N-dealkylation sites (N-methyl/N-ethyl adjacent to an activating group) is 1. The zero-order chi connectivity index (χ0) is 25.8. The Morgan fingerprint density at radius 2 is 1.86 bits per heavy atom. The van der Waals surface area contributed by atoms with Gasteiger partial charge in [-0.15, -0.1) is 11.3 Å². The molecule has 0 aliphatic rings. The van der Waals surface area contributed by atoms with E-state index in [4.69, 9.17) is 11.6 Å². The second-order valence-corrected chi connectivity index (χ2v) is 10.7. The first-order chi connectivity index (χ1) is 17.2. The second kappa shape index (κ2) is 11.4. The van der Waals surface area contributed by atoms with Crippen LogP contribution in [0.1, 0.15) is 33.2 Å². The molecule has 8 heteroatoms. The highest BCUT2D eigenvalue weighted by atomic mass is 35.5. The number of nitrogens with zero attached hydrogens (tertiary/aromatic N) is 2. The fourth-order valence-electron chi connectivity index (χ4n) is 4.33.